The van der Waals surface area contributed by atoms with Crippen molar-refractivity contribution >= 4 is 0 Å². The molecule has 0 aromatic rings. The van der Waals surface area contributed by atoms with E-state index in [0.717, 1.165) is 25.7 Å². The van der Waals surface area contributed by atoms with Crippen LogP contribution in [-0.4, -0.2) is 36.0 Å². The largest absolute Gasteiger partial charge is 0.368 e. The van der Waals surface area contributed by atoms with E-state index in [1.807, 2.05) is 6.92 Å². The third kappa shape index (κ3) is 21.6. The van der Waals surface area contributed by atoms with Crippen LogP contribution in [-0.2, 0) is 9.47 Å². The van der Waals surface area contributed by atoms with E-state index < -0.39 is 12.6 Å². The molecule has 0 fully saturated rings. The van der Waals surface area contributed by atoms with Crippen LogP contribution in [0.4, 0.5) is 0 Å². The summed E-state index contributed by atoms with van der Waals surface area (Å²) in [6, 6.07) is 0. The highest BCUT2D eigenvalue weighted by molar-refractivity contribution is 4.35. The molecule has 0 saturated heterocycles. The zero-order valence-corrected chi connectivity index (χ0v) is 11.8. The van der Waals surface area contributed by atoms with Crippen molar-refractivity contribution in [2.45, 2.75) is 72.4 Å². The molecule has 4 nitrogen and oxygen atoms in total. The standard InChI is InChI=1S/C7H16O2.C6H14O2/c1-3-5-6-9-7(8)4-2;1-3-4-5-8-6(2)7/h7-8H,3-6H2,1-2H3;6-7H,3-5H2,1-2H3. The van der Waals surface area contributed by atoms with Gasteiger partial charge in [0.15, 0.2) is 12.6 Å². The number of aliphatic hydroxyl groups is 2. The highest BCUT2D eigenvalue weighted by Gasteiger charge is 1.96. The van der Waals surface area contributed by atoms with Crippen LogP contribution in [0, 0.1) is 0 Å². The fraction of sp³-hybridized carbons (Fsp3) is 1.00. The average Bonchev–Trinajstić information content (AvgIpc) is 2.30. The summed E-state index contributed by atoms with van der Waals surface area (Å²) in [5, 5.41) is 17.4. The van der Waals surface area contributed by atoms with E-state index in [4.69, 9.17) is 19.7 Å². The van der Waals surface area contributed by atoms with Gasteiger partial charge in [-0.2, -0.15) is 0 Å². The summed E-state index contributed by atoms with van der Waals surface area (Å²) in [6.07, 6.45) is 3.85. The van der Waals surface area contributed by atoms with Crippen molar-refractivity contribution < 1.29 is 19.7 Å². The van der Waals surface area contributed by atoms with Crippen molar-refractivity contribution in [1.82, 2.24) is 0 Å². The van der Waals surface area contributed by atoms with E-state index in [1.165, 1.54) is 0 Å². The molecule has 0 radical (unpaired) electrons. The molecule has 0 heterocycles. The van der Waals surface area contributed by atoms with E-state index >= 15 is 0 Å². The second kappa shape index (κ2) is 15.8. The van der Waals surface area contributed by atoms with Crippen LogP contribution >= 0.6 is 0 Å². The summed E-state index contributed by atoms with van der Waals surface area (Å²) in [5.41, 5.74) is 0. The molecule has 0 rings (SSSR count). The van der Waals surface area contributed by atoms with Gasteiger partial charge < -0.3 is 19.7 Å². The number of hydrogen-bond donors (Lipinski definition) is 2. The van der Waals surface area contributed by atoms with Gasteiger partial charge in [0.05, 0.1) is 0 Å². The van der Waals surface area contributed by atoms with E-state index in [2.05, 4.69) is 13.8 Å². The molecule has 0 aliphatic rings. The van der Waals surface area contributed by atoms with Gasteiger partial charge in [0, 0.05) is 13.2 Å². The first-order valence-electron chi connectivity index (χ1n) is 6.67. The summed E-state index contributed by atoms with van der Waals surface area (Å²) in [4.78, 5) is 0. The van der Waals surface area contributed by atoms with Gasteiger partial charge in [-0.25, -0.2) is 0 Å². The molecule has 0 aliphatic heterocycles. The van der Waals surface area contributed by atoms with Gasteiger partial charge in [0.2, 0.25) is 0 Å². The number of unbranched alkanes of at least 4 members (excludes halogenated alkanes) is 2. The van der Waals surface area contributed by atoms with E-state index in [-0.39, 0.29) is 0 Å². The molecule has 0 aromatic heterocycles. The fourth-order valence-electron chi connectivity index (χ4n) is 0.880. The molecular weight excluding hydrogens is 220 g/mol. The van der Waals surface area contributed by atoms with Crippen molar-refractivity contribution in [3.63, 3.8) is 0 Å². The highest BCUT2D eigenvalue weighted by atomic mass is 16.6. The van der Waals surface area contributed by atoms with Crippen LogP contribution in [0.1, 0.15) is 59.8 Å². The SMILES string of the molecule is CCCCOC(C)O.CCCCOC(O)CC. The molecule has 106 valence electrons. The molecule has 0 amide bonds. The Morgan fingerprint density at radius 2 is 1.35 bits per heavy atom. The van der Waals surface area contributed by atoms with Crippen LogP contribution in [0.25, 0.3) is 0 Å². The van der Waals surface area contributed by atoms with Gasteiger partial charge in [-0.15, -0.1) is 0 Å². The van der Waals surface area contributed by atoms with Gasteiger partial charge in [0.1, 0.15) is 0 Å². The number of hydrogen-bond acceptors (Lipinski definition) is 4. The zero-order valence-electron chi connectivity index (χ0n) is 11.8. The van der Waals surface area contributed by atoms with Gasteiger partial charge >= 0.3 is 0 Å². The number of rotatable bonds is 9. The molecule has 2 N–H and O–H groups in total. The van der Waals surface area contributed by atoms with Crippen molar-refractivity contribution in [3.05, 3.63) is 0 Å². The van der Waals surface area contributed by atoms with E-state index in [1.54, 1.807) is 6.92 Å². The molecular formula is C13H30O4. The highest BCUT2D eigenvalue weighted by Crippen LogP contribution is 1.95. The predicted octanol–water partition coefficient (Wildman–Crippen LogP) is 2.67. The molecule has 0 bridgehead atoms. The summed E-state index contributed by atoms with van der Waals surface area (Å²) in [7, 11) is 0. The lowest BCUT2D eigenvalue weighted by atomic mass is 10.4. The molecule has 0 spiro atoms. The molecule has 0 aliphatic carbocycles. The Labute approximate surface area is 106 Å². The molecule has 2 atom stereocenters. The summed E-state index contributed by atoms with van der Waals surface area (Å²) >= 11 is 0. The Morgan fingerprint density at radius 1 is 0.882 bits per heavy atom. The Balaban J connectivity index is 0. The zero-order chi connectivity index (χ0) is 13.5. The third-order valence-electron chi connectivity index (χ3n) is 2.01. The summed E-state index contributed by atoms with van der Waals surface area (Å²) < 4.78 is 9.82. The number of aliphatic hydroxyl groups excluding tert-OH is 2. The normalized spacial score (nSPS) is 13.8. The van der Waals surface area contributed by atoms with E-state index in [9.17, 15) is 0 Å². The van der Waals surface area contributed by atoms with Crippen molar-refractivity contribution in [2.75, 3.05) is 13.2 Å². The molecule has 17 heavy (non-hydrogen) atoms. The van der Waals surface area contributed by atoms with Crippen LogP contribution in [0.15, 0.2) is 0 Å². The maximum Gasteiger partial charge on any atom is 0.154 e. The minimum absolute atomic E-state index is 0.545. The quantitative estimate of drug-likeness (QED) is 0.488. The van der Waals surface area contributed by atoms with Gasteiger partial charge in [-0.05, 0) is 26.2 Å². The molecule has 0 aromatic carbocycles. The lowest BCUT2D eigenvalue weighted by Crippen LogP contribution is -2.10. The Morgan fingerprint density at radius 3 is 1.71 bits per heavy atom. The molecule has 4 heteroatoms. The van der Waals surface area contributed by atoms with Crippen LogP contribution < -0.4 is 0 Å². The molecule has 0 saturated carbocycles. The van der Waals surface area contributed by atoms with Crippen molar-refractivity contribution in [3.8, 4) is 0 Å². The first-order chi connectivity index (χ1) is 8.08. The summed E-state index contributed by atoms with van der Waals surface area (Å²) in [6.45, 7) is 9.07. The van der Waals surface area contributed by atoms with Crippen LogP contribution in [0.2, 0.25) is 0 Å². The lowest BCUT2D eigenvalue weighted by molar-refractivity contribution is -0.101. The first kappa shape index (κ1) is 19.2. The van der Waals surface area contributed by atoms with Gasteiger partial charge in [0.25, 0.3) is 0 Å². The predicted molar refractivity (Wildman–Crippen MR) is 69.7 cm³/mol. The van der Waals surface area contributed by atoms with Crippen molar-refractivity contribution in [2.24, 2.45) is 0 Å². The molecule has 2 unspecified atom stereocenters. The average molecular weight is 250 g/mol. The first-order valence-corrected chi connectivity index (χ1v) is 6.67. The Kier molecular flexibility index (Phi) is 17.9. The fourth-order valence-corrected chi connectivity index (χ4v) is 0.880. The Hall–Kier alpha value is -0.160. The minimum atomic E-state index is -0.596. The maximum absolute atomic E-state index is 8.86. The summed E-state index contributed by atoms with van der Waals surface area (Å²) in [5.74, 6) is 0. The van der Waals surface area contributed by atoms with E-state index in [0.29, 0.717) is 19.6 Å². The third-order valence-corrected chi connectivity index (χ3v) is 2.01. The van der Waals surface area contributed by atoms with Crippen LogP contribution in [0.5, 0.6) is 0 Å². The lowest BCUT2D eigenvalue weighted by Gasteiger charge is -2.07. The topological polar surface area (TPSA) is 58.9 Å². The Bertz CT molecular complexity index is 129. The smallest absolute Gasteiger partial charge is 0.154 e. The second-order valence-electron chi connectivity index (χ2n) is 3.91. The van der Waals surface area contributed by atoms with Crippen molar-refractivity contribution in [1.29, 1.82) is 0 Å². The van der Waals surface area contributed by atoms with Crippen LogP contribution in [0.3, 0.4) is 0 Å². The van der Waals surface area contributed by atoms with Gasteiger partial charge in [-0.3, -0.25) is 0 Å². The maximum atomic E-state index is 8.86. The van der Waals surface area contributed by atoms with Gasteiger partial charge in [-0.1, -0.05) is 33.6 Å². The second-order valence-corrected chi connectivity index (χ2v) is 3.91. The number of ether oxygens (including phenoxy) is 2. The monoisotopic (exact) mass is 250 g/mol. The minimum Gasteiger partial charge on any atom is -0.368 e.